The molecule has 2 rings (SSSR count). The van der Waals surface area contributed by atoms with Crippen LogP contribution >= 0.6 is 0 Å². The van der Waals surface area contributed by atoms with Crippen molar-refractivity contribution in [3.63, 3.8) is 0 Å². The number of alkyl halides is 6. The fourth-order valence-electron chi connectivity index (χ4n) is 3.22. The standard InChI is InChI=1S/C16H18F6.CO2/c1-10-3-2-4-11(5-10)6-12-7-13(15(17,18)19)9-14(8-12)16(20,21)22;2-1-3/h7-11H,2-6H2,1H3;. The van der Waals surface area contributed by atoms with E-state index in [4.69, 9.17) is 9.59 Å². The third-order valence-corrected chi connectivity index (χ3v) is 4.22. The first-order valence-corrected chi connectivity index (χ1v) is 7.75. The Morgan fingerprint density at radius 1 is 0.960 bits per heavy atom. The van der Waals surface area contributed by atoms with Gasteiger partial charge < -0.3 is 0 Å². The van der Waals surface area contributed by atoms with Crippen molar-refractivity contribution >= 4 is 6.15 Å². The van der Waals surface area contributed by atoms with Crippen LogP contribution in [-0.4, -0.2) is 6.15 Å². The van der Waals surface area contributed by atoms with Crippen LogP contribution in [0.15, 0.2) is 18.2 Å². The quantitative estimate of drug-likeness (QED) is 0.645. The molecule has 0 heterocycles. The van der Waals surface area contributed by atoms with Gasteiger partial charge in [0.1, 0.15) is 0 Å². The molecule has 0 radical (unpaired) electrons. The molecule has 0 saturated heterocycles. The van der Waals surface area contributed by atoms with Crippen molar-refractivity contribution in [1.29, 1.82) is 0 Å². The van der Waals surface area contributed by atoms with Gasteiger partial charge in [-0.05, 0) is 48.4 Å². The molecule has 1 aliphatic rings. The second-order valence-corrected chi connectivity index (χ2v) is 6.34. The highest BCUT2D eigenvalue weighted by atomic mass is 19.4. The largest absolute Gasteiger partial charge is 0.416 e. The van der Waals surface area contributed by atoms with Crippen molar-refractivity contribution in [1.82, 2.24) is 0 Å². The van der Waals surface area contributed by atoms with Crippen LogP contribution < -0.4 is 0 Å². The number of hydrogen-bond acceptors (Lipinski definition) is 2. The maximum atomic E-state index is 12.8. The van der Waals surface area contributed by atoms with Crippen molar-refractivity contribution in [2.75, 3.05) is 0 Å². The Hall–Kier alpha value is -1.82. The van der Waals surface area contributed by atoms with Crippen molar-refractivity contribution in [3.05, 3.63) is 34.9 Å². The zero-order valence-electron chi connectivity index (χ0n) is 13.5. The smallest absolute Gasteiger partial charge is 0.186 e. The number of halogens is 6. The molecule has 1 aromatic rings. The molecule has 1 aliphatic carbocycles. The topological polar surface area (TPSA) is 34.1 Å². The lowest BCUT2D eigenvalue weighted by Crippen LogP contribution is -2.17. The van der Waals surface area contributed by atoms with E-state index in [0.29, 0.717) is 5.92 Å². The van der Waals surface area contributed by atoms with Crippen LogP contribution in [0.2, 0.25) is 0 Å². The van der Waals surface area contributed by atoms with E-state index in [-0.39, 0.29) is 30.1 Å². The summed E-state index contributed by atoms with van der Waals surface area (Å²) in [7, 11) is 0. The summed E-state index contributed by atoms with van der Waals surface area (Å²) in [6.45, 7) is 2.07. The van der Waals surface area contributed by atoms with E-state index in [1.165, 1.54) is 0 Å². The SMILES string of the molecule is CC1CCCC(Cc2cc(C(F)(F)F)cc(C(F)(F)F)c2)C1.O=C=O. The van der Waals surface area contributed by atoms with Gasteiger partial charge in [-0.1, -0.05) is 26.2 Å². The summed E-state index contributed by atoms with van der Waals surface area (Å²) in [4.78, 5) is 16.2. The van der Waals surface area contributed by atoms with Crippen LogP contribution in [0.4, 0.5) is 26.3 Å². The van der Waals surface area contributed by atoms with Crippen molar-refractivity contribution in [3.8, 4) is 0 Å². The maximum Gasteiger partial charge on any atom is 0.416 e. The molecule has 1 saturated carbocycles. The van der Waals surface area contributed by atoms with Crippen molar-refractivity contribution < 1.29 is 35.9 Å². The number of benzene rings is 1. The molecule has 0 aliphatic heterocycles. The van der Waals surface area contributed by atoms with Gasteiger partial charge in [-0.15, -0.1) is 0 Å². The zero-order valence-corrected chi connectivity index (χ0v) is 13.5. The van der Waals surface area contributed by atoms with Gasteiger partial charge in [0, 0.05) is 0 Å². The Bertz CT molecular complexity index is 568. The van der Waals surface area contributed by atoms with E-state index >= 15 is 0 Å². The van der Waals surface area contributed by atoms with E-state index in [0.717, 1.165) is 37.8 Å². The predicted octanol–water partition coefficient (Wildman–Crippen LogP) is 5.51. The van der Waals surface area contributed by atoms with Gasteiger partial charge >= 0.3 is 18.5 Å². The number of hydrogen-bond donors (Lipinski definition) is 0. The van der Waals surface area contributed by atoms with Gasteiger partial charge in [-0.25, -0.2) is 0 Å². The van der Waals surface area contributed by atoms with E-state index in [2.05, 4.69) is 6.92 Å². The molecule has 140 valence electrons. The fraction of sp³-hybridized carbons (Fsp3) is 0.588. The Balaban J connectivity index is 0.000000970. The summed E-state index contributed by atoms with van der Waals surface area (Å²) in [5, 5.41) is 0. The Kier molecular flexibility index (Phi) is 7.23. The predicted molar refractivity (Wildman–Crippen MR) is 76.3 cm³/mol. The lowest BCUT2D eigenvalue weighted by molar-refractivity contribution is -0.191. The molecular weight excluding hydrogens is 350 g/mol. The summed E-state index contributed by atoms with van der Waals surface area (Å²) < 4.78 is 76.9. The summed E-state index contributed by atoms with van der Waals surface area (Å²) in [6.07, 6.45) is -5.23. The molecule has 2 nitrogen and oxygen atoms in total. The minimum atomic E-state index is -4.77. The molecule has 0 spiro atoms. The normalized spacial score (nSPS) is 21.1. The van der Waals surface area contributed by atoms with Crippen LogP contribution in [0.25, 0.3) is 0 Å². The van der Waals surface area contributed by atoms with Crippen LogP contribution in [0.5, 0.6) is 0 Å². The molecule has 2 atom stereocenters. The second kappa shape index (κ2) is 8.52. The van der Waals surface area contributed by atoms with Crippen LogP contribution in [0, 0.1) is 11.8 Å². The van der Waals surface area contributed by atoms with E-state index < -0.39 is 23.5 Å². The van der Waals surface area contributed by atoms with E-state index in [1.54, 1.807) is 0 Å². The zero-order chi connectivity index (χ0) is 19.3. The highest BCUT2D eigenvalue weighted by molar-refractivity contribution is 5.34. The molecule has 1 fully saturated rings. The maximum absolute atomic E-state index is 12.8. The van der Waals surface area contributed by atoms with E-state index in [9.17, 15) is 26.3 Å². The Labute approximate surface area is 141 Å². The monoisotopic (exact) mass is 368 g/mol. The van der Waals surface area contributed by atoms with Gasteiger partial charge in [0.2, 0.25) is 0 Å². The van der Waals surface area contributed by atoms with Gasteiger partial charge in [-0.2, -0.15) is 35.9 Å². The molecule has 0 bridgehead atoms. The van der Waals surface area contributed by atoms with Gasteiger partial charge in [0.05, 0.1) is 11.1 Å². The van der Waals surface area contributed by atoms with Crippen LogP contribution in [-0.2, 0) is 28.4 Å². The first-order valence-electron chi connectivity index (χ1n) is 7.75. The van der Waals surface area contributed by atoms with Gasteiger partial charge in [-0.3, -0.25) is 0 Å². The Morgan fingerprint density at radius 3 is 1.84 bits per heavy atom. The van der Waals surface area contributed by atoms with Crippen molar-refractivity contribution in [2.45, 2.75) is 51.4 Å². The average Bonchev–Trinajstić information content (AvgIpc) is 2.46. The third kappa shape index (κ3) is 6.90. The highest BCUT2D eigenvalue weighted by Gasteiger charge is 2.37. The Morgan fingerprint density at radius 2 is 1.44 bits per heavy atom. The molecule has 25 heavy (non-hydrogen) atoms. The third-order valence-electron chi connectivity index (χ3n) is 4.22. The minimum absolute atomic E-state index is 0.126. The summed E-state index contributed by atoms with van der Waals surface area (Å²) >= 11 is 0. The number of carbonyl (C=O) groups excluding carboxylic acids is 2. The second-order valence-electron chi connectivity index (χ2n) is 6.34. The first kappa shape index (κ1) is 21.2. The average molecular weight is 368 g/mol. The molecular formula is C17H18F6O2. The van der Waals surface area contributed by atoms with Gasteiger partial charge in [0.15, 0.2) is 0 Å². The molecule has 0 N–H and O–H groups in total. The highest BCUT2D eigenvalue weighted by Crippen LogP contribution is 2.38. The summed E-state index contributed by atoms with van der Waals surface area (Å²) in [5.74, 6) is 0.639. The summed E-state index contributed by atoms with van der Waals surface area (Å²) in [5.41, 5.74) is -2.32. The van der Waals surface area contributed by atoms with Crippen molar-refractivity contribution in [2.24, 2.45) is 11.8 Å². The lowest BCUT2D eigenvalue weighted by atomic mass is 9.79. The summed E-state index contributed by atoms with van der Waals surface area (Å²) in [6, 6.07) is 1.90. The molecule has 1 aromatic carbocycles. The fourth-order valence-corrected chi connectivity index (χ4v) is 3.22. The minimum Gasteiger partial charge on any atom is -0.186 e. The molecule has 0 amide bonds. The first-order chi connectivity index (χ1) is 11.5. The van der Waals surface area contributed by atoms with Crippen LogP contribution in [0.3, 0.4) is 0 Å². The van der Waals surface area contributed by atoms with E-state index in [1.807, 2.05) is 0 Å². The number of rotatable bonds is 2. The molecule has 8 heteroatoms. The van der Waals surface area contributed by atoms with Crippen LogP contribution in [0.1, 0.15) is 49.3 Å². The lowest BCUT2D eigenvalue weighted by Gasteiger charge is -2.27. The molecule has 0 aromatic heterocycles. The molecule has 2 unspecified atom stereocenters. The van der Waals surface area contributed by atoms with Gasteiger partial charge in [0.25, 0.3) is 0 Å².